The summed E-state index contributed by atoms with van der Waals surface area (Å²) in [4.78, 5) is 13.9. The van der Waals surface area contributed by atoms with Crippen molar-refractivity contribution in [1.29, 1.82) is 0 Å². The summed E-state index contributed by atoms with van der Waals surface area (Å²) in [6.45, 7) is 8.22. The molecule has 1 saturated heterocycles. The molecule has 0 aromatic carbocycles. The molecule has 2 unspecified atom stereocenters. The summed E-state index contributed by atoms with van der Waals surface area (Å²) in [6.07, 6.45) is 2.23. The van der Waals surface area contributed by atoms with Crippen molar-refractivity contribution in [3.8, 4) is 0 Å². The zero-order valence-corrected chi connectivity index (χ0v) is 9.66. The number of nitrogens with two attached hydrogens (primary N) is 1. The van der Waals surface area contributed by atoms with Crippen molar-refractivity contribution >= 4 is 5.91 Å². The molecule has 0 aliphatic carbocycles. The number of amides is 1. The van der Waals surface area contributed by atoms with E-state index in [4.69, 9.17) is 5.73 Å². The van der Waals surface area contributed by atoms with Gasteiger partial charge in [-0.25, -0.2) is 0 Å². The third-order valence-electron chi connectivity index (χ3n) is 3.13. The maximum atomic E-state index is 11.9. The van der Waals surface area contributed by atoms with E-state index in [9.17, 15) is 4.79 Å². The molecular formula is C11H22N2O. The number of rotatable bonds is 2. The van der Waals surface area contributed by atoms with Crippen LogP contribution in [0.1, 0.15) is 40.5 Å². The number of carbonyl (C=O) groups is 1. The van der Waals surface area contributed by atoms with Crippen molar-refractivity contribution in [3.05, 3.63) is 0 Å². The topological polar surface area (TPSA) is 46.3 Å². The maximum Gasteiger partial charge on any atom is 0.239 e. The van der Waals surface area contributed by atoms with Gasteiger partial charge >= 0.3 is 0 Å². The van der Waals surface area contributed by atoms with Crippen molar-refractivity contribution in [2.24, 2.45) is 11.7 Å². The predicted molar refractivity (Wildman–Crippen MR) is 57.8 cm³/mol. The highest BCUT2D eigenvalue weighted by atomic mass is 16.2. The highest BCUT2D eigenvalue weighted by Gasteiger charge is 2.36. The fraction of sp³-hybridized carbons (Fsp3) is 0.909. The van der Waals surface area contributed by atoms with Crippen LogP contribution in [0.3, 0.4) is 0 Å². The highest BCUT2D eigenvalue weighted by molar-refractivity contribution is 5.82. The van der Waals surface area contributed by atoms with Crippen molar-refractivity contribution in [1.82, 2.24) is 4.90 Å². The van der Waals surface area contributed by atoms with Crippen LogP contribution in [-0.2, 0) is 4.79 Å². The van der Waals surface area contributed by atoms with Gasteiger partial charge in [-0.2, -0.15) is 0 Å². The number of nitrogens with zero attached hydrogens (tertiary/aromatic N) is 1. The average Bonchev–Trinajstić information content (AvgIpc) is 2.45. The minimum Gasteiger partial charge on any atom is -0.335 e. The molecule has 3 atom stereocenters. The molecule has 2 N–H and O–H groups in total. The molecule has 1 aliphatic rings. The van der Waals surface area contributed by atoms with Crippen LogP contribution in [-0.4, -0.2) is 28.9 Å². The van der Waals surface area contributed by atoms with Crippen LogP contribution in [0.4, 0.5) is 0 Å². The van der Waals surface area contributed by atoms with Gasteiger partial charge in [0.25, 0.3) is 0 Å². The Hall–Kier alpha value is -0.570. The first kappa shape index (κ1) is 11.5. The fourth-order valence-corrected chi connectivity index (χ4v) is 2.29. The third kappa shape index (κ3) is 2.08. The van der Waals surface area contributed by atoms with Crippen molar-refractivity contribution in [3.63, 3.8) is 0 Å². The number of hydrogen-bond donors (Lipinski definition) is 1. The smallest absolute Gasteiger partial charge is 0.239 e. The van der Waals surface area contributed by atoms with Crippen LogP contribution in [0.15, 0.2) is 0 Å². The molecule has 3 heteroatoms. The first-order valence-electron chi connectivity index (χ1n) is 5.53. The first-order chi connectivity index (χ1) is 6.45. The highest BCUT2D eigenvalue weighted by Crippen LogP contribution is 2.29. The Bertz CT molecular complexity index is 213. The summed E-state index contributed by atoms with van der Waals surface area (Å²) in [6, 6.07) is 0.390. The normalized spacial score (nSPS) is 29.7. The van der Waals surface area contributed by atoms with Crippen molar-refractivity contribution < 1.29 is 4.79 Å². The number of hydrogen-bond acceptors (Lipinski definition) is 2. The average molecular weight is 198 g/mol. The first-order valence-corrected chi connectivity index (χ1v) is 5.53. The molecule has 0 saturated carbocycles. The SMILES string of the molecule is CC(N)C(=O)N1C(C(C)C)CC[C@H]1C. The number of carbonyl (C=O) groups excluding carboxylic acids is 1. The zero-order valence-electron chi connectivity index (χ0n) is 9.66. The van der Waals surface area contributed by atoms with Gasteiger partial charge in [0.1, 0.15) is 0 Å². The van der Waals surface area contributed by atoms with E-state index in [1.165, 1.54) is 0 Å². The van der Waals surface area contributed by atoms with Gasteiger partial charge in [-0.1, -0.05) is 13.8 Å². The molecule has 0 radical (unpaired) electrons. The van der Waals surface area contributed by atoms with E-state index in [0.717, 1.165) is 12.8 Å². The lowest BCUT2D eigenvalue weighted by atomic mass is 10.0. The van der Waals surface area contributed by atoms with E-state index in [-0.39, 0.29) is 11.9 Å². The Kier molecular flexibility index (Phi) is 3.53. The minimum absolute atomic E-state index is 0.105. The van der Waals surface area contributed by atoms with Gasteiger partial charge in [0.2, 0.25) is 5.91 Å². The third-order valence-corrected chi connectivity index (χ3v) is 3.13. The molecule has 1 aliphatic heterocycles. The van der Waals surface area contributed by atoms with Gasteiger partial charge < -0.3 is 10.6 Å². The van der Waals surface area contributed by atoms with Gasteiger partial charge in [0, 0.05) is 12.1 Å². The van der Waals surface area contributed by atoms with Crippen molar-refractivity contribution in [2.75, 3.05) is 0 Å². The lowest BCUT2D eigenvalue weighted by Gasteiger charge is -2.32. The van der Waals surface area contributed by atoms with Crippen molar-refractivity contribution in [2.45, 2.75) is 58.7 Å². The van der Waals surface area contributed by atoms with Crippen LogP contribution < -0.4 is 5.73 Å². The molecule has 3 nitrogen and oxygen atoms in total. The Balaban J connectivity index is 2.76. The van der Waals surface area contributed by atoms with Crippen LogP contribution in [0.2, 0.25) is 0 Å². The largest absolute Gasteiger partial charge is 0.335 e. The van der Waals surface area contributed by atoms with E-state index in [0.29, 0.717) is 18.0 Å². The minimum atomic E-state index is -0.364. The summed E-state index contributed by atoms with van der Waals surface area (Å²) >= 11 is 0. The molecule has 0 spiro atoms. The fourth-order valence-electron chi connectivity index (χ4n) is 2.29. The summed E-state index contributed by atoms with van der Waals surface area (Å²) in [5.74, 6) is 0.636. The van der Waals surface area contributed by atoms with Crippen LogP contribution in [0.5, 0.6) is 0 Å². The predicted octanol–water partition coefficient (Wildman–Crippen LogP) is 1.37. The standard InChI is InChI=1S/C11H22N2O/c1-7(2)10-6-5-8(3)13(10)11(14)9(4)12/h7-10H,5-6,12H2,1-4H3/t8-,9?,10?/m1/s1. The van der Waals surface area contributed by atoms with Crippen LogP contribution in [0, 0.1) is 5.92 Å². The van der Waals surface area contributed by atoms with E-state index in [1.54, 1.807) is 6.92 Å². The number of likely N-dealkylation sites (tertiary alicyclic amines) is 1. The summed E-state index contributed by atoms with van der Waals surface area (Å²) in [5, 5.41) is 0. The second-order valence-electron chi connectivity index (χ2n) is 4.77. The molecule has 82 valence electrons. The van der Waals surface area contributed by atoms with E-state index in [2.05, 4.69) is 20.8 Å². The Morgan fingerprint density at radius 1 is 1.36 bits per heavy atom. The van der Waals surface area contributed by atoms with Crippen LogP contribution >= 0.6 is 0 Å². The lowest BCUT2D eigenvalue weighted by Crippen LogP contribution is -2.49. The maximum absolute atomic E-state index is 11.9. The Labute approximate surface area is 86.6 Å². The van der Waals surface area contributed by atoms with Gasteiger partial charge in [-0.3, -0.25) is 4.79 Å². The molecule has 1 rings (SSSR count). The molecule has 1 amide bonds. The second kappa shape index (κ2) is 4.30. The Morgan fingerprint density at radius 2 is 1.93 bits per heavy atom. The molecule has 1 fully saturated rings. The molecule has 1 heterocycles. The quantitative estimate of drug-likeness (QED) is 0.728. The van der Waals surface area contributed by atoms with Gasteiger partial charge in [-0.05, 0) is 32.6 Å². The zero-order chi connectivity index (χ0) is 10.9. The summed E-state index contributed by atoms with van der Waals surface area (Å²) in [5.41, 5.74) is 5.65. The monoisotopic (exact) mass is 198 g/mol. The molecule has 0 aromatic heterocycles. The summed E-state index contributed by atoms with van der Waals surface area (Å²) < 4.78 is 0. The molecule has 0 aromatic rings. The Morgan fingerprint density at radius 3 is 2.36 bits per heavy atom. The second-order valence-corrected chi connectivity index (χ2v) is 4.77. The summed E-state index contributed by atoms with van der Waals surface area (Å²) in [7, 11) is 0. The lowest BCUT2D eigenvalue weighted by molar-refractivity contribution is -0.135. The van der Waals surface area contributed by atoms with E-state index >= 15 is 0 Å². The van der Waals surface area contributed by atoms with Gasteiger partial charge in [-0.15, -0.1) is 0 Å². The molecule has 0 bridgehead atoms. The van der Waals surface area contributed by atoms with E-state index < -0.39 is 0 Å². The van der Waals surface area contributed by atoms with Crippen LogP contribution in [0.25, 0.3) is 0 Å². The van der Waals surface area contributed by atoms with Gasteiger partial charge in [0.05, 0.1) is 6.04 Å². The molecule has 14 heavy (non-hydrogen) atoms. The van der Waals surface area contributed by atoms with E-state index in [1.807, 2.05) is 4.90 Å². The molecular weight excluding hydrogens is 176 g/mol. The van der Waals surface area contributed by atoms with Gasteiger partial charge in [0.15, 0.2) is 0 Å².